The Kier molecular flexibility index (Phi) is 6.88. The molecule has 1 saturated carbocycles. The van der Waals surface area contributed by atoms with Crippen molar-refractivity contribution in [1.82, 2.24) is 9.80 Å². The van der Waals surface area contributed by atoms with Gasteiger partial charge in [-0.1, -0.05) is 36.6 Å². The van der Waals surface area contributed by atoms with E-state index in [1.807, 2.05) is 0 Å². The minimum Gasteiger partial charge on any atom is -0.336 e. The number of anilines is 1. The lowest BCUT2D eigenvalue weighted by atomic mass is 9.94. The first-order valence-electron chi connectivity index (χ1n) is 10.9. The van der Waals surface area contributed by atoms with Gasteiger partial charge in [-0.2, -0.15) is 0 Å². The lowest BCUT2D eigenvalue weighted by molar-refractivity contribution is -0.123. The summed E-state index contributed by atoms with van der Waals surface area (Å²) in [4.78, 5) is 29.8. The normalized spacial score (nSPS) is 18.7. The Morgan fingerprint density at radius 2 is 1.61 bits per heavy atom. The fourth-order valence-electron chi connectivity index (χ4n) is 4.71. The van der Waals surface area contributed by atoms with Crippen molar-refractivity contribution in [2.24, 2.45) is 5.92 Å². The molecule has 1 heterocycles. The van der Waals surface area contributed by atoms with Crippen molar-refractivity contribution in [2.75, 3.05) is 31.5 Å². The van der Waals surface area contributed by atoms with Gasteiger partial charge >= 0.3 is 0 Å². The third-order valence-electron chi connectivity index (χ3n) is 6.33. The molecule has 2 aliphatic rings. The third-order valence-corrected chi connectivity index (χ3v) is 6.58. The predicted molar refractivity (Wildman–Crippen MR) is 120 cm³/mol. The number of piperazine rings is 1. The quantitative estimate of drug-likeness (QED) is 0.743. The van der Waals surface area contributed by atoms with Gasteiger partial charge in [0.05, 0.1) is 11.6 Å². The zero-order valence-electron chi connectivity index (χ0n) is 17.4. The fourth-order valence-corrected chi connectivity index (χ4v) is 4.83. The van der Waals surface area contributed by atoms with E-state index in [4.69, 9.17) is 11.6 Å². The van der Waals surface area contributed by atoms with E-state index >= 15 is 0 Å². The van der Waals surface area contributed by atoms with Crippen molar-refractivity contribution in [1.29, 1.82) is 0 Å². The molecule has 1 aliphatic carbocycles. The number of benzene rings is 2. The van der Waals surface area contributed by atoms with Crippen molar-refractivity contribution in [3.8, 4) is 0 Å². The van der Waals surface area contributed by atoms with Crippen LogP contribution < -0.4 is 5.32 Å². The van der Waals surface area contributed by atoms with Crippen LogP contribution in [0, 0.1) is 11.7 Å². The highest BCUT2D eigenvalue weighted by molar-refractivity contribution is 6.30. The van der Waals surface area contributed by atoms with E-state index < -0.39 is 5.82 Å². The molecule has 1 atom stereocenters. The molecule has 7 heteroatoms. The van der Waals surface area contributed by atoms with Gasteiger partial charge in [-0.05, 0) is 55.2 Å². The summed E-state index contributed by atoms with van der Waals surface area (Å²) in [7, 11) is 0. The summed E-state index contributed by atoms with van der Waals surface area (Å²) < 4.78 is 14.0. The standard InChI is InChI=1S/C24H27ClFN3O2/c25-18-9-11-19(12-10-18)27-23(30)22(17-5-1-2-6-17)28-13-15-29(16-14-28)24(31)20-7-3-4-8-21(20)26/h3-4,7-12,17,22H,1-2,5-6,13-16H2,(H,27,30). The first-order chi connectivity index (χ1) is 15.0. The van der Waals surface area contributed by atoms with Gasteiger partial charge in [0.1, 0.15) is 5.82 Å². The van der Waals surface area contributed by atoms with Crippen LogP contribution >= 0.6 is 11.6 Å². The van der Waals surface area contributed by atoms with Crippen LogP contribution in [0.1, 0.15) is 36.0 Å². The molecule has 1 N–H and O–H groups in total. The molecular formula is C24H27ClFN3O2. The van der Waals surface area contributed by atoms with E-state index in [1.54, 1.807) is 41.3 Å². The van der Waals surface area contributed by atoms with Gasteiger partial charge in [-0.15, -0.1) is 0 Å². The van der Waals surface area contributed by atoms with Crippen molar-refractivity contribution in [2.45, 2.75) is 31.7 Å². The maximum Gasteiger partial charge on any atom is 0.256 e. The second kappa shape index (κ2) is 9.79. The van der Waals surface area contributed by atoms with Gasteiger partial charge in [0, 0.05) is 36.9 Å². The molecule has 0 aromatic heterocycles. The number of nitrogens with one attached hydrogen (secondary N) is 1. The van der Waals surface area contributed by atoms with Gasteiger partial charge in [0.2, 0.25) is 5.91 Å². The Hall–Kier alpha value is -2.44. The molecular weight excluding hydrogens is 417 g/mol. The van der Waals surface area contributed by atoms with Gasteiger partial charge < -0.3 is 10.2 Å². The molecule has 2 amide bonds. The maximum atomic E-state index is 14.0. The highest BCUT2D eigenvalue weighted by Crippen LogP contribution is 2.32. The molecule has 0 spiro atoms. The highest BCUT2D eigenvalue weighted by atomic mass is 35.5. The summed E-state index contributed by atoms with van der Waals surface area (Å²) in [5.74, 6) is -0.494. The molecule has 0 bridgehead atoms. The SMILES string of the molecule is O=C(Nc1ccc(Cl)cc1)C(C1CCCC1)N1CCN(C(=O)c2ccccc2F)CC1. The third kappa shape index (κ3) is 5.08. The summed E-state index contributed by atoms with van der Waals surface area (Å²) in [6.45, 7) is 2.14. The predicted octanol–water partition coefficient (Wildman–Crippen LogP) is 4.43. The molecule has 164 valence electrons. The molecule has 2 aromatic rings. The number of amides is 2. The Bertz CT molecular complexity index is 923. The lowest BCUT2D eigenvalue weighted by Crippen LogP contribution is -2.57. The fraction of sp³-hybridized carbons (Fsp3) is 0.417. The van der Waals surface area contributed by atoms with E-state index in [-0.39, 0.29) is 23.4 Å². The number of rotatable bonds is 5. The maximum absolute atomic E-state index is 14.0. The van der Waals surface area contributed by atoms with Crippen LogP contribution in [0.25, 0.3) is 0 Å². The van der Waals surface area contributed by atoms with Crippen molar-refractivity contribution in [3.63, 3.8) is 0 Å². The summed E-state index contributed by atoms with van der Waals surface area (Å²) in [6.07, 6.45) is 4.35. The lowest BCUT2D eigenvalue weighted by Gasteiger charge is -2.40. The number of carbonyl (C=O) groups is 2. The van der Waals surface area contributed by atoms with E-state index in [9.17, 15) is 14.0 Å². The van der Waals surface area contributed by atoms with E-state index in [0.717, 1.165) is 31.4 Å². The molecule has 1 unspecified atom stereocenters. The summed E-state index contributed by atoms with van der Waals surface area (Å²) in [6, 6.07) is 13.0. The molecule has 2 fully saturated rings. The molecule has 2 aromatic carbocycles. The first kappa shape index (κ1) is 21.8. The number of hydrogen-bond acceptors (Lipinski definition) is 3. The zero-order chi connectivity index (χ0) is 21.8. The summed E-state index contributed by atoms with van der Waals surface area (Å²) in [5.41, 5.74) is 0.828. The highest BCUT2D eigenvalue weighted by Gasteiger charge is 2.37. The molecule has 0 radical (unpaired) electrons. The van der Waals surface area contributed by atoms with Crippen LogP contribution in [0.5, 0.6) is 0 Å². The monoisotopic (exact) mass is 443 g/mol. The van der Waals surface area contributed by atoms with Crippen LogP contribution in [0.4, 0.5) is 10.1 Å². The second-order valence-corrected chi connectivity index (χ2v) is 8.73. The van der Waals surface area contributed by atoms with Gasteiger partial charge in [-0.25, -0.2) is 4.39 Å². The number of halogens is 2. The van der Waals surface area contributed by atoms with Crippen molar-refractivity contribution >= 4 is 29.1 Å². The van der Waals surface area contributed by atoms with Crippen LogP contribution in [0.3, 0.4) is 0 Å². The molecule has 1 aliphatic heterocycles. The second-order valence-electron chi connectivity index (χ2n) is 8.29. The largest absolute Gasteiger partial charge is 0.336 e. The molecule has 31 heavy (non-hydrogen) atoms. The van der Waals surface area contributed by atoms with E-state index in [0.29, 0.717) is 37.1 Å². The van der Waals surface area contributed by atoms with Crippen LogP contribution in [0.2, 0.25) is 5.02 Å². The molecule has 1 saturated heterocycles. The van der Waals surface area contributed by atoms with Gasteiger partial charge in [-0.3, -0.25) is 14.5 Å². The van der Waals surface area contributed by atoms with E-state index in [1.165, 1.54) is 12.1 Å². The van der Waals surface area contributed by atoms with Gasteiger partial charge in [0.15, 0.2) is 0 Å². The Morgan fingerprint density at radius 1 is 0.968 bits per heavy atom. The van der Waals surface area contributed by atoms with Crippen molar-refractivity contribution in [3.05, 3.63) is 64.9 Å². The molecule has 5 nitrogen and oxygen atoms in total. The number of hydrogen-bond donors (Lipinski definition) is 1. The number of nitrogens with zero attached hydrogens (tertiary/aromatic N) is 2. The average molecular weight is 444 g/mol. The minimum absolute atomic E-state index is 0.0110. The van der Waals surface area contributed by atoms with E-state index in [2.05, 4.69) is 10.2 Å². The molecule has 4 rings (SSSR count). The van der Waals surface area contributed by atoms with Crippen molar-refractivity contribution < 1.29 is 14.0 Å². The smallest absolute Gasteiger partial charge is 0.256 e. The average Bonchev–Trinajstić information content (AvgIpc) is 3.30. The Morgan fingerprint density at radius 3 is 2.26 bits per heavy atom. The minimum atomic E-state index is -0.499. The topological polar surface area (TPSA) is 52.7 Å². The van der Waals surface area contributed by atoms with Crippen LogP contribution in [0.15, 0.2) is 48.5 Å². The Labute approximate surface area is 187 Å². The first-order valence-corrected chi connectivity index (χ1v) is 11.2. The number of carbonyl (C=O) groups excluding carboxylic acids is 2. The zero-order valence-corrected chi connectivity index (χ0v) is 18.2. The summed E-state index contributed by atoms with van der Waals surface area (Å²) in [5, 5.41) is 3.67. The summed E-state index contributed by atoms with van der Waals surface area (Å²) >= 11 is 5.95. The van der Waals surface area contributed by atoms with Gasteiger partial charge in [0.25, 0.3) is 5.91 Å². The van der Waals surface area contributed by atoms with Crippen LogP contribution in [-0.2, 0) is 4.79 Å². The van der Waals surface area contributed by atoms with Crippen LogP contribution in [-0.4, -0.2) is 53.8 Å². The Balaban J connectivity index is 1.43.